The fourth-order valence-corrected chi connectivity index (χ4v) is 2.24. The van der Waals surface area contributed by atoms with Crippen molar-refractivity contribution in [1.29, 1.82) is 5.26 Å². The van der Waals surface area contributed by atoms with Crippen molar-refractivity contribution in [2.75, 3.05) is 37.6 Å². The summed E-state index contributed by atoms with van der Waals surface area (Å²) in [4.78, 5) is 9.01. The molecule has 0 N–H and O–H groups in total. The summed E-state index contributed by atoms with van der Waals surface area (Å²) in [5.41, 5.74) is 0.677. The summed E-state index contributed by atoms with van der Waals surface area (Å²) in [5, 5.41) is 9.06. The van der Waals surface area contributed by atoms with E-state index in [1.807, 2.05) is 12.1 Å². The predicted octanol–water partition coefficient (Wildman–Crippen LogP) is 1.49. The molecule has 1 aliphatic rings. The lowest BCUT2D eigenvalue weighted by molar-refractivity contribution is 0.258. The molecule has 4 heteroatoms. The highest BCUT2D eigenvalue weighted by molar-refractivity contribution is 5.53. The van der Waals surface area contributed by atoms with Crippen LogP contribution in [0, 0.1) is 11.3 Å². The first-order valence-corrected chi connectivity index (χ1v) is 6.17. The number of nitriles is 1. The SMILES string of the molecule is CCCN1CCN(c2ncccc2C#N)CC1. The standard InChI is InChI=1S/C13H18N4/c1-2-6-16-7-9-17(10-8-16)13-12(11-14)4-3-5-15-13/h3-5H,2,6-10H2,1H3. The van der Waals surface area contributed by atoms with Crippen molar-refractivity contribution in [2.24, 2.45) is 0 Å². The van der Waals surface area contributed by atoms with Crippen LogP contribution in [0.1, 0.15) is 18.9 Å². The van der Waals surface area contributed by atoms with Gasteiger partial charge in [-0.3, -0.25) is 4.90 Å². The zero-order chi connectivity index (χ0) is 12.1. The van der Waals surface area contributed by atoms with E-state index in [1.165, 1.54) is 13.0 Å². The molecule has 0 atom stereocenters. The smallest absolute Gasteiger partial charge is 0.146 e. The second kappa shape index (κ2) is 5.65. The highest BCUT2D eigenvalue weighted by Gasteiger charge is 2.19. The minimum Gasteiger partial charge on any atom is -0.353 e. The molecule has 4 nitrogen and oxygen atoms in total. The number of pyridine rings is 1. The second-order valence-corrected chi connectivity index (χ2v) is 4.32. The molecule has 0 amide bonds. The molecule has 17 heavy (non-hydrogen) atoms. The largest absolute Gasteiger partial charge is 0.353 e. The molecule has 0 saturated carbocycles. The average molecular weight is 230 g/mol. The molecule has 90 valence electrons. The van der Waals surface area contributed by atoms with Gasteiger partial charge in [0.1, 0.15) is 11.9 Å². The molecule has 1 fully saturated rings. The Hall–Kier alpha value is -1.60. The molecule has 1 aromatic rings. The molecule has 0 unspecified atom stereocenters. The lowest BCUT2D eigenvalue weighted by atomic mass is 10.2. The fourth-order valence-electron chi connectivity index (χ4n) is 2.24. The van der Waals surface area contributed by atoms with E-state index in [9.17, 15) is 0 Å². The Kier molecular flexibility index (Phi) is 3.94. The Morgan fingerprint density at radius 1 is 1.35 bits per heavy atom. The molecule has 0 spiro atoms. The molecule has 2 rings (SSSR count). The van der Waals surface area contributed by atoms with Gasteiger partial charge >= 0.3 is 0 Å². The maximum atomic E-state index is 9.06. The van der Waals surface area contributed by atoms with E-state index in [1.54, 1.807) is 6.20 Å². The highest BCUT2D eigenvalue weighted by atomic mass is 15.3. The number of anilines is 1. The fraction of sp³-hybridized carbons (Fsp3) is 0.538. The van der Waals surface area contributed by atoms with Gasteiger partial charge < -0.3 is 4.90 Å². The zero-order valence-electron chi connectivity index (χ0n) is 10.3. The van der Waals surface area contributed by atoms with Gasteiger partial charge in [0.05, 0.1) is 5.56 Å². The molecule has 1 aromatic heterocycles. The van der Waals surface area contributed by atoms with Crippen LogP contribution in [0.15, 0.2) is 18.3 Å². The van der Waals surface area contributed by atoms with Gasteiger partial charge in [-0.15, -0.1) is 0 Å². The van der Waals surface area contributed by atoms with Crippen LogP contribution in [-0.4, -0.2) is 42.6 Å². The summed E-state index contributed by atoms with van der Waals surface area (Å²) in [6, 6.07) is 5.86. The Morgan fingerprint density at radius 2 is 2.12 bits per heavy atom. The minimum atomic E-state index is 0.677. The van der Waals surface area contributed by atoms with Crippen molar-refractivity contribution >= 4 is 5.82 Å². The van der Waals surface area contributed by atoms with E-state index >= 15 is 0 Å². The first-order valence-electron chi connectivity index (χ1n) is 6.17. The summed E-state index contributed by atoms with van der Waals surface area (Å²) in [6.07, 6.45) is 2.96. The highest BCUT2D eigenvalue weighted by Crippen LogP contribution is 2.17. The molecule has 0 bridgehead atoms. The molecular formula is C13H18N4. The minimum absolute atomic E-state index is 0.677. The lowest BCUT2D eigenvalue weighted by Gasteiger charge is -2.35. The van der Waals surface area contributed by atoms with Crippen molar-refractivity contribution < 1.29 is 0 Å². The number of aromatic nitrogens is 1. The van der Waals surface area contributed by atoms with Crippen molar-refractivity contribution in [3.63, 3.8) is 0 Å². The molecule has 1 saturated heterocycles. The third kappa shape index (κ3) is 2.75. The number of hydrogen-bond acceptors (Lipinski definition) is 4. The summed E-state index contributed by atoms with van der Waals surface area (Å²) in [7, 11) is 0. The second-order valence-electron chi connectivity index (χ2n) is 4.32. The average Bonchev–Trinajstić information content (AvgIpc) is 2.40. The quantitative estimate of drug-likeness (QED) is 0.789. The summed E-state index contributed by atoms with van der Waals surface area (Å²) < 4.78 is 0. The summed E-state index contributed by atoms with van der Waals surface area (Å²) >= 11 is 0. The van der Waals surface area contributed by atoms with Crippen molar-refractivity contribution in [3.05, 3.63) is 23.9 Å². The number of nitrogens with zero attached hydrogens (tertiary/aromatic N) is 4. The van der Waals surface area contributed by atoms with Crippen LogP contribution in [-0.2, 0) is 0 Å². The van der Waals surface area contributed by atoms with Crippen LogP contribution in [0.2, 0.25) is 0 Å². The predicted molar refractivity (Wildman–Crippen MR) is 67.9 cm³/mol. The van der Waals surface area contributed by atoms with Gasteiger partial charge in [0.25, 0.3) is 0 Å². The third-order valence-corrected chi connectivity index (χ3v) is 3.12. The van der Waals surface area contributed by atoms with E-state index < -0.39 is 0 Å². The normalized spacial score (nSPS) is 16.8. The summed E-state index contributed by atoms with van der Waals surface area (Å²) in [6.45, 7) is 7.43. The zero-order valence-corrected chi connectivity index (χ0v) is 10.3. The van der Waals surface area contributed by atoms with E-state index in [2.05, 4.69) is 27.8 Å². The van der Waals surface area contributed by atoms with E-state index in [0.717, 1.165) is 32.0 Å². The Balaban J connectivity index is 2.03. The maximum absolute atomic E-state index is 9.06. The van der Waals surface area contributed by atoms with Crippen LogP contribution >= 0.6 is 0 Å². The molecule has 0 aromatic carbocycles. The lowest BCUT2D eigenvalue weighted by Crippen LogP contribution is -2.47. The molecule has 0 radical (unpaired) electrons. The van der Waals surface area contributed by atoms with E-state index in [0.29, 0.717) is 5.56 Å². The van der Waals surface area contributed by atoms with Crippen molar-refractivity contribution in [3.8, 4) is 6.07 Å². The van der Waals surface area contributed by atoms with Gasteiger partial charge in [-0.2, -0.15) is 5.26 Å². The molecule has 1 aliphatic heterocycles. The Labute approximate surface area is 102 Å². The van der Waals surface area contributed by atoms with Crippen LogP contribution in [0.4, 0.5) is 5.82 Å². The Bertz CT molecular complexity index is 402. The van der Waals surface area contributed by atoms with Gasteiger partial charge in [0, 0.05) is 32.4 Å². The van der Waals surface area contributed by atoms with Gasteiger partial charge in [-0.05, 0) is 25.1 Å². The van der Waals surface area contributed by atoms with Crippen LogP contribution in [0.3, 0.4) is 0 Å². The van der Waals surface area contributed by atoms with Crippen molar-refractivity contribution in [1.82, 2.24) is 9.88 Å². The van der Waals surface area contributed by atoms with E-state index in [-0.39, 0.29) is 0 Å². The first-order chi connectivity index (χ1) is 8.35. The maximum Gasteiger partial charge on any atom is 0.146 e. The Morgan fingerprint density at radius 3 is 2.76 bits per heavy atom. The van der Waals surface area contributed by atoms with Gasteiger partial charge in [0.15, 0.2) is 0 Å². The van der Waals surface area contributed by atoms with Crippen LogP contribution < -0.4 is 4.90 Å². The topological polar surface area (TPSA) is 43.2 Å². The van der Waals surface area contributed by atoms with Gasteiger partial charge in [-0.25, -0.2) is 4.98 Å². The van der Waals surface area contributed by atoms with Gasteiger partial charge in [-0.1, -0.05) is 6.92 Å². The molecular weight excluding hydrogens is 212 g/mol. The number of piperazine rings is 1. The first kappa shape index (κ1) is 11.9. The van der Waals surface area contributed by atoms with Crippen LogP contribution in [0.5, 0.6) is 0 Å². The number of hydrogen-bond donors (Lipinski definition) is 0. The molecule has 2 heterocycles. The third-order valence-electron chi connectivity index (χ3n) is 3.12. The number of rotatable bonds is 3. The van der Waals surface area contributed by atoms with Crippen LogP contribution in [0.25, 0.3) is 0 Å². The monoisotopic (exact) mass is 230 g/mol. The molecule has 0 aliphatic carbocycles. The summed E-state index contributed by atoms with van der Waals surface area (Å²) in [5.74, 6) is 0.839. The van der Waals surface area contributed by atoms with E-state index in [4.69, 9.17) is 5.26 Å². The van der Waals surface area contributed by atoms with Crippen molar-refractivity contribution in [2.45, 2.75) is 13.3 Å². The van der Waals surface area contributed by atoms with Gasteiger partial charge in [0.2, 0.25) is 0 Å².